The monoisotopic (exact) mass is 281 g/mol. The standard InChI is InChI=1S/C15H14F3NO/c1-19-12-8-3-2-5-9(12)10-6-4-7-11(13(10)19)14(20)15(16,17)18/h2-3,5,8,11H,4,6-7H2,1H3. The summed E-state index contributed by atoms with van der Waals surface area (Å²) in [6, 6.07) is 7.52. The molecule has 1 atom stereocenters. The van der Waals surface area contributed by atoms with E-state index < -0.39 is 17.9 Å². The molecule has 0 bridgehead atoms. The molecule has 3 rings (SSSR count). The van der Waals surface area contributed by atoms with Crippen molar-refractivity contribution in [2.45, 2.75) is 31.4 Å². The maximum Gasteiger partial charge on any atom is 0.450 e. The van der Waals surface area contributed by atoms with Gasteiger partial charge in [0.2, 0.25) is 5.78 Å². The fourth-order valence-electron chi connectivity index (χ4n) is 3.27. The summed E-state index contributed by atoms with van der Waals surface area (Å²) in [7, 11) is 1.74. The van der Waals surface area contributed by atoms with E-state index in [0.29, 0.717) is 12.1 Å². The van der Waals surface area contributed by atoms with E-state index in [2.05, 4.69) is 0 Å². The van der Waals surface area contributed by atoms with E-state index in [1.807, 2.05) is 24.3 Å². The first-order chi connectivity index (χ1) is 9.41. The molecule has 1 aliphatic carbocycles. The first kappa shape index (κ1) is 13.2. The molecule has 2 aromatic rings. The molecule has 0 N–H and O–H groups in total. The van der Waals surface area contributed by atoms with Gasteiger partial charge in [0.1, 0.15) is 0 Å². The molecule has 106 valence electrons. The van der Waals surface area contributed by atoms with Crippen molar-refractivity contribution in [1.82, 2.24) is 4.57 Å². The minimum atomic E-state index is -4.77. The first-order valence-corrected chi connectivity index (χ1v) is 6.58. The lowest BCUT2D eigenvalue weighted by Crippen LogP contribution is -2.32. The molecule has 0 amide bonds. The minimum absolute atomic E-state index is 0.273. The van der Waals surface area contributed by atoms with Crippen LogP contribution in [0.3, 0.4) is 0 Å². The van der Waals surface area contributed by atoms with Crippen LogP contribution in [0.2, 0.25) is 0 Å². The molecule has 0 saturated carbocycles. The second kappa shape index (κ2) is 4.36. The molecule has 2 nitrogen and oxygen atoms in total. The number of Topliss-reactive ketones (excluding diaryl/α,β-unsaturated/α-hetero) is 1. The molecule has 0 spiro atoms. The summed E-state index contributed by atoms with van der Waals surface area (Å²) in [5, 5.41) is 0.963. The molecule has 1 aromatic heterocycles. The zero-order valence-corrected chi connectivity index (χ0v) is 11.0. The number of rotatable bonds is 1. The van der Waals surface area contributed by atoms with Gasteiger partial charge in [-0.25, -0.2) is 0 Å². The predicted octanol–water partition coefficient (Wildman–Crippen LogP) is 3.73. The highest BCUT2D eigenvalue weighted by Gasteiger charge is 2.46. The Bertz CT molecular complexity index is 684. The molecule has 1 aromatic carbocycles. The number of halogens is 3. The highest BCUT2D eigenvalue weighted by Crippen LogP contribution is 2.41. The molecule has 5 heteroatoms. The van der Waals surface area contributed by atoms with Crippen molar-refractivity contribution >= 4 is 16.7 Å². The molecule has 0 fully saturated rings. The van der Waals surface area contributed by atoms with Crippen molar-refractivity contribution in [2.24, 2.45) is 7.05 Å². The number of hydrogen-bond donors (Lipinski definition) is 0. The van der Waals surface area contributed by atoms with Gasteiger partial charge in [0.05, 0.1) is 5.92 Å². The van der Waals surface area contributed by atoms with E-state index in [-0.39, 0.29) is 6.42 Å². The molecule has 0 radical (unpaired) electrons. The summed E-state index contributed by atoms with van der Waals surface area (Å²) in [5.74, 6) is -2.68. The maximum absolute atomic E-state index is 12.8. The summed E-state index contributed by atoms with van der Waals surface area (Å²) < 4.78 is 40.0. The second-order valence-electron chi connectivity index (χ2n) is 5.25. The van der Waals surface area contributed by atoms with Gasteiger partial charge in [-0.15, -0.1) is 0 Å². The van der Waals surface area contributed by atoms with Crippen LogP contribution in [-0.4, -0.2) is 16.5 Å². The number of ketones is 1. The predicted molar refractivity (Wildman–Crippen MR) is 69.7 cm³/mol. The molecule has 0 aliphatic heterocycles. The summed E-state index contributed by atoms with van der Waals surface area (Å²) >= 11 is 0. The Balaban J connectivity index is 2.21. The van der Waals surface area contributed by atoms with Crippen LogP contribution in [0.25, 0.3) is 10.9 Å². The third-order valence-corrected chi connectivity index (χ3v) is 4.11. The van der Waals surface area contributed by atoms with Gasteiger partial charge in [-0.05, 0) is 30.9 Å². The van der Waals surface area contributed by atoms with Crippen molar-refractivity contribution in [3.63, 3.8) is 0 Å². The average molecular weight is 281 g/mol. The highest BCUT2D eigenvalue weighted by molar-refractivity contribution is 5.94. The Morgan fingerprint density at radius 1 is 1.30 bits per heavy atom. The van der Waals surface area contributed by atoms with Gasteiger partial charge in [-0.3, -0.25) is 4.79 Å². The maximum atomic E-state index is 12.8. The Morgan fingerprint density at radius 3 is 2.70 bits per heavy atom. The van der Waals surface area contributed by atoms with E-state index in [1.165, 1.54) is 0 Å². The number of carbonyl (C=O) groups is 1. The van der Waals surface area contributed by atoms with Crippen molar-refractivity contribution in [3.05, 3.63) is 35.5 Å². The van der Waals surface area contributed by atoms with Crippen molar-refractivity contribution in [3.8, 4) is 0 Å². The number of fused-ring (bicyclic) bond motifs is 3. The number of nitrogens with zero attached hydrogens (tertiary/aromatic N) is 1. The zero-order valence-electron chi connectivity index (χ0n) is 11.0. The first-order valence-electron chi connectivity index (χ1n) is 6.58. The average Bonchev–Trinajstić information content (AvgIpc) is 2.71. The number of benzene rings is 1. The number of hydrogen-bond acceptors (Lipinski definition) is 1. The Labute approximate surface area is 114 Å². The second-order valence-corrected chi connectivity index (χ2v) is 5.25. The van der Waals surface area contributed by atoms with Crippen molar-refractivity contribution < 1.29 is 18.0 Å². The van der Waals surface area contributed by atoms with Gasteiger partial charge in [0.25, 0.3) is 0 Å². The molecular weight excluding hydrogens is 267 g/mol. The topological polar surface area (TPSA) is 22.0 Å². The number of aromatic nitrogens is 1. The van der Waals surface area contributed by atoms with Gasteiger partial charge < -0.3 is 4.57 Å². The third kappa shape index (κ3) is 1.84. The number of alkyl halides is 3. The van der Waals surface area contributed by atoms with Crippen molar-refractivity contribution in [1.29, 1.82) is 0 Å². The summed E-state index contributed by atoms with van der Waals surface area (Å²) in [6.07, 6.45) is -3.14. The summed E-state index contributed by atoms with van der Waals surface area (Å²) in [6.45, 7) is 0. The quantitative estimate of drug-likeness (QED) is 0.780. The van der Waals surface area contributed by atoms with E-state index in [9.17, 15) is 18.0 Å². The van der Waals surface area contributed by atoms with Crippen LogP contribution in [0.4, 0.5) is 13.2 Å². The van der Waals surface area contributed by atoms with Gasteiger partial charge in [0, 0.05) is 23.6 Å². The molecule has 20 heavy (non-hydrogen) atoms. The SMILES string of the molecule is Cn1c2c(c3ccccc31)CCCC2C(=O)C(F)(F)F. The largest absolute Gasteiger partial charge is 0.450 e. The minimum Gasteiger partial charge on any atom is -0.347 e. The lowest BCUT2D eigenvalue weighted by atomic mass is 9.84. The number of para-hydroxylation sites is 1. The molecule has 1 heterocycles. The van der Waals surface area contributed by atoms with Crippen LogP contribution < -0.4 is 0 Å². The normalized spacial score (nSPS) is 19.1. The fourth-order valence-corrected chi connectivity index (χ4v) is 3.27. The molecule has 1 aliphatic rings. The summed E-state index contributed by atoms with van der Waals surface area (Å²) in [4.78, 5) is 11.7. The van der Waals surface area contributed by atoms with Crippen molar-refractivity contribution in [2.75, 3.05) is 0 Å². The molecule has 1 unspecified atom stereocenters. The third-order valence-electron chi connectivity index (χ3n) is 4.11. The van der Waals surface area contributed by atoms with E-state index in [0.717, 1.165) is 22.9 Å². The molecule has 0 saturated heterocycles. The lowest BCUT2D eigenvalue weighted by molar-refractivity contribution is -0.173. The Morgan fingerprint density at radius 2 is 2.00 bits per heavy atom. The van der Waals surface area contributed by atoms with Crippen LogP contribution in [0, 0.1) is 0 Å². The van der Waals surface area contributed by atoms with Gasteiger partial charge in [0.15, 0.2) is 0 Å². The van der Waals surface area contributed by atoms with Gasteiger partial charge in [-0.1, -0.05) is 18.2 Å². The van der Waals surface area contributed by atoms with Crippen LogP contribution in [-0.2, 0) is 18.3 Å². The van der Waals surface area contributed by atoms with Crippen LogP contribution in [0.1, 0.15) is 30.0 Å². The number of carbonyl (C=O) groups excluding carboxylic acids is 1. The van der Waals surface area contributed by atoms with Gasteiger partial charge >= 0.3 is 6.18 Å². The number of aryl methyl sites for hydroxylation is 2. The highest BCUT2D eigenvalue weighted by atomic mass is 19.4. The van der Waals surface area contributed by atoms with Crippen LogP contribution in [0.5, 0.6) is 0 Å². The van der Waals surface area contributed by atoms with E-state index in [4.69, 9.17) is 0 Å². The fraction of sp³-hybridized carbons (Fsp3) is 0.400. The van der Waals surface area contributed by atoms with E-state index in [1.54, 1.807) is 11.6 Å². The Hall–Kier alpha value is -1.78. The lowest BCUT2D eigenvalue weighted by Gasteiger charge is -2.24. The molecular formula is C15H14F3NO. The van der Waals surface area contributed by atoms with Gasteiger partial charge in [-0.2, -0.15) is 13.2 Å². The smallest absolute Gasteiger partial charge is 0.347 e. The Kier molecular flexibility index (Phi) is 2.88. The summed E-state index contributed by atoms with van der Waals surface area (Å²) in [5.41, 5.74) is 2.33. The van der Waals surface area contributed by atoms with E-state index >= 15 is 0 Å². The van der Waals surface area contributed by atoms with Crippen LogP contribution in [0.15, 0.2) is 24.3 Å². The zero-order chi connectivity index (χ0) is 14.5. The van der Waals surface area contributed by atoms with Crippen LogP contribution >= 0.6 is 0 Å².